The van der Waals surface area contributed by atoms with Crippen LogP contribution in [-0.4, -0.2) is 24.9 Å². The number of benzene rings is 2. The summed E-state index contributed by atoms with van der Waals surface area (Å²) in [7, 11) is 0. The normalized spacial score (nSPS) is 10.4. The molecule has 2 aromatic carbocycles. The zero-order valence-electron chi connectivity index (χ0n) is 14.1. The second-order valence-corrected chi connectivity index (χ2v) is 5.44. The van der Waals surface area contributed by atoms with Gasteiger partial charge in [-0.1, -0.05) is 12.1 Å². The number of aryl methyl sites for hydroxylation is 2. The van der Waals surface area contributed by atoms with Gasteiger partial charge in [0.05, 0.1) is 13.2 Å². The lowest BCUT2D eigenvalue weighted by molar-refractivity contribution is 0.194. The summed E-state index contributed by atoms with van der Waals surface area (Å²) in [6.07, 6.45) is 0. The van der Waals surface area contributed by atoms with E-state index in [1.54, 1.807) is 0 Å². The van der Waals surface area contributed by atoms with Gasteiger partial charge in [0.25, 0.3) is 0 Å². The first-order valence-corrected chi connectivity index (χ1v) is 7.94. The fourth-order valence-electron chi connectivity index (χ4n) is 2.26. The Labute approximate surface area is 138 Å². The van der Waals surface area contributed by atoms with Gasteiger partial charge in [-0.25, -0.2) is 0 Å². The first-order chi connectivity index (χ1) is 11.1. The summed E-state index contributed by atoms with van der Waals surface area (Å²) in [6, 6.07) is 12.2. The smallest absolute Gasteiger partial charge is 0.161 e. The molecule has 0 aliphatic carbocycles. The summed E-state index contributed by atoms with van der Waals surface area (Å²) in [5.41, 5.74) is 4.78. The lowest BCUT2D eigenvalue weighted by Gasteiger charge is -2.14. The van der Waals surface area contributed by atoms with Crippen LogP contribution in [0, 0.1) is 13.8 Å². The van der Waals surface area contributed by atoms with E-state index in [1.807, 2.05) is 25.1 Å². The Kier molecular flexibility index (Phi) is 6.29. The summed E-state index contributed by atoms with van der Waals surface area (Å²) in [4.78, 5) is 0. The summed E-state index contributed by atoms with van der Waals surface area (Å²) < 4.78 is 11.1. The van der Waals surface area contributed by atoms with E-state index < -0.39 is 0 Å². The van der Waals surface area contributed by atoms with Crippen LogP contribution >= 0.6 is 0 Å². The second kappa shape index (κ2) is 8.44. The molecule has 124 valence electrons. The van der Waals surface area contributed by atoms with Gasteiger partial charge in [0, 0.05) is 12.2 Å². The van der Waals surface area contributed by atoms with E-state index in [0.29, 0.717) is 24.7 Å². The van der Waals surface area contributed by atoms with Gasteiger partial charge in [0.15, 0.2) is 11.5 Å². The molecule has 4 heteroatoms. The van der Waals surface area contributed by atoms with Crippen molar-refractivity contribution in [1.29, 1.82) is 0 Å². The van der Waals surface area contributed by atoms with Crippen LogP contribution in [0.3, 0.4) is 0 Å². The Morgan fingerprint density at radius 3 is 2.48 bits per heavy atom. The molecule has 0 spiro atoms. The summed E-state index contributed by atoms with van der Waals surface area (Å²) >= 11 is 0. The van der Waals surface area contributed by atoms with Crippen molar-refractivity contribution in [3.05, 3.63) is 53.1 Å². The average molecular weight is 315 g/mol. The average Bonchev–Trinajstić information content (AvgIpc) is 2.55. The van der Waals surface area contributed by atoms with Crippen LogP contribution in [0.1, 0.15) is 23.6 Å². The Morgan fingerprint density at radius 1 is 0.957 bits per heavy atom. The molecule has 2 rings (SSSR count). The Morgan fingerprint density at radius 2 is 1.78 bits per heavy atom. The van der Waals surface area contributed by atoms with Gasteiger partial charge in [0.1, 0.15) is 6.61 Å². The number of nitrogens with one attached hydrogen (secondary N) is 1. The lowest BCUT2D eigenvalue weighted by atomic mass is 10.1. The third kappa shape index (κ3) is 4.89. The first-order valence-electron chi connectivity index (χ1n) is 7.94. The highest BCUT2D eigenvalue weighted by Gasteiger charge is 2.07. The molecule has 0 aromatic heterocycles. The molecule has 0 heterocycles. The van der Waals surface area contributed by atoms with Crippen molar-refractivity contribution >= 4 is 5.69 Å². The second-order valence-electron chi connectivity index (χ2n) is 5.44. The number of aliphatic hydroxyl groups excluding tert-OH is 1. The molecule has 0 aliphatic heterocycles. The van der Waals surface area contributed by atoms with E-state index in [-0.39, 0.29) is 13.2 Å². The van der Waals surface area contributed by atoms with E-state index in [9.17, 15) is 0 Å². The molecule has 0 amide bonds. The predicted molar refractivity (Wildman–Crippen MR) is 93.4 cm³/mol. The van der Waals surface area contributed by atoms with E-state index in [2.05, 4.69) is 37.4 Å². The van der Waals surface area contributed by atoms with Crippen LogP contribution in [-0.2, 0) is 6.54 Å². The highest BCUT2D eigenvalue weighted by atomic mass is 16.5. The van der Waals surface area contributed by atoms with Gasteiger partial charge in [-0.2, -0.15) is 0 Å². The predicted octanol–water partition coefficient (Wildman–Crippen LogP) is 3.69. The minimum atomic E-state index is -0.0123. The molecule has 2 aromatic rings. The Bertz CT molecular complexity index is 641. The van der Waals surface area contributed by atoms with Crippen LogP contribution in [0.2, 0.25) is 0 Å². The van der Waals surface area contributed by atoms with Crippen LogP contribution in [0.25, 0.3) is 0 Å². The molecule has 23 heavy (non-hydrogen) atoms. The van der Waals surface area contributed by atoms with Crippen molar-refractivity contribution in [1.82, 2.24) is 0 Å². The molecule has 4 nitrogen and oxygen atoms in total. The molecule has 0 fully saturated rings. The molecule has 0 aliphatic rings. The molecule has 2 N–H and O–H groups in total. The van der Waals surface area contributed by atoms with Gasteiger partial charge in [-0.3, -0.25) is 0 Å². The van der Waals surface area contributed by atoms with Crippen molar-refractivity contribution < 1.29 is 14.6 Å². The highest BCUT2D eigenvalue weighted by Crippen LogP contribution is 2.29. The lowest BCUT2D eigenvalue weighted by Crippen LogP contribution is -2.05. The standard InChI is InChI=1S/C19H25NO3/c1-4-22-19-12-16(6-8-18(19)23-10-9-21)13-20-17-7-5-14(2)15(3)11-17/h5-8,11-12,20-21H,4,9-10,13H2,1-3H3. The highest BCUT2D eigenvalue weighted by molar-refractivity contribution is 5.49. The minimum Gasteiger partial charge on any atom is -0.490 e. The fourth-order valence-corrected chi connectivity index (χ4v) is 2.26. The zero-order valence-corrected chi connectivity index (χ0v) is 14.1. The van der Waals surface area contributed by atoms with Crippen LogP contribution < -0.4 is 14.8 Å². The van der Waals surface area contributed by atoms with Crippen molar-refractivity contribution in [2.75, 3.05) is 25.1 Å². The molecule has 0 saturated carbocycles. The minimum absolute atomic E-state index is 0.0123. The number of anilines is 1. The zero-order chi connectivity index (χ0) is 16.7. The summed E-state index contributed by atoms with van der Waals surface area (Å²) in [5, 5.41) is 12.3. The maximum atomic E-state index is 8.88. The SMILES string of the molecule is CCOc1cc(CNc2ccc(C)c(C)c2)ccc1OCCO. The van der Waals surface area contributed by atoms with Crippen LogP contribution in [0.15, 0.2) is 36.4 Å². The van der Waals surface area contributed by atoms with Crippen molar-refractivity contribution in [2.45, 2.75) is 27.3 Å². The number of hydrogen-bond donors (Lipinski definition) is 2. The number of aliphatic hydroxyl groups is 1. The van der Waals surface area contributed by atoms with E-state index in [1.165, 1.54) is 11.1 Å². The molecule has 0 radical (unpaired) electrons. The number of rotatable bonds is 8. The molecular formula is C19H25NO3. The van der Waals surface area contributed by atoms with E-state index in [4.69, 9.17) is 14.6 Å². The van der Waals surface area contributed by atoms with Crippen molar-refractivity contribution in [3.63, 3.8) is 0 Å². The van der Waals surface area contributed by atoms with Crippen LogP contribution in [0.5, 0.6) is 11.5 Å². The first kappa shape index (κ1) is 17.2. The molecule has 0 unspecified atom stereocenters. The summed E-state index contributed by atoms with van der Waals surface area (Å²) in [5.74, 6) is 1.37. The van der Waals surface area contributed by atoms with Gasteiger partial charge in [-0.15, -0.1) is 0 Å². The maximum absolute atomic E-state index is 8.88. The molecule has 0 saturated heterocycles. The van der Waals surface area contributed by atoms with Gasteiger partial charge in [0.2, 0.25) is 0 Å². The Hall–Kier alpha value is -2.20. The van der Waals surface area contributed by atoms with Crippen LogP contribution in [0.4, 0.5) is 5.69 Å². The molecule has 0 atom stereocenters. The Balaban J connectivity index is 2.06. The molecule has 0 bridgehead atoms. The molecular weight excluding hydrogens is 290 g/mol. The van der Waals surface area contributed by atoms with E-state index >= 15 is 0 Å². The summed E-state index contributed by atoms with van der Waals surface area (Å²) in [6.45, 7) is 7.70. The third-order valence-corrected chi connectivity index (χ3v) is 3.66. The van der Waals surface area contributed by atoms with Crippen molar-refractivity contribution in [3.8, 4) is 11.5 Å². The van der Waals surface area contributed by atoms with Gasteiger partial charge < -0.3 is 19.9 Å². The maximum Gasteiger partial charge on any atom is 0.161 e. The number of ether oxygens (including phenoxy) is 2. The van der Waals surface area contributed by atoms with E-state index in [0.717, 1.165) is 11.3 Å². The van der Waals surface area contributed by atoms with Gasteiger partial charge >= 0.3 is 0 Å². The third-order valence-electron chi connectivity index (χ3n) is 3.66. The largest absolute Gasteiger partial charge is 0.490 e. The topological polar surface area (TPSA) is 50.7 Å². The van der Waals surface area contributed by atoms with Crippen molar-refractivity contribution in [2.24, 2.45) is 0 Å². The number of hydrogen-bond acceptors (Lipinski definition) is 4. The monoisotopic (exact) mass is 315 g/mol. The fraction of sp³-hybridized carbons (Fsp3) is 0.368. The quantitative estimate of drug-likeness (QED) is 0.780. The van der Waals surface area contributed by atoms with Gasteiger partial charge in [-0.05, 0) is 61.7 Å².